The molecule has 39 heavy (non-hydrogen) atoms. The van der Waals surface area contributed by atoms with Gasteiger partial charge in [-0.05, 0) is 62.5 Å². The van der Waals surface area contributed by atoms with Crippen LogP contribution in [-0.2, 0) is 20.9 Å². The number of likely N-dealkylation sites (tertiary alicyclic amines) is 2. The van der Waals surface area contributed by atoms with E-state index in [1.807, 2.05) is 17.9 Å². The van der Waals surface area contributed by atoms with Crippen molar-refractivity contribution in [3.05, 3.63) is 59.3 Å². The maximum absolute atomic E-state index is 13.6. The van der Waals surface area contributed by atoms with Gasteiger partial charge in [0.1, 0.15) is 0 Å². The highest BCUT2D eigenvalue weighted by molar-refractivity contribution is 6.07. The highest BCUT2D eigenvalue weighted by Gasteiger charge is 2.31. The number of carbonyl (C=O) groups excluding carboxylic acids is 2. The summed E-state index contributed by atoms with van der Waals surface area (Å²) in [5.74, 6) is 6.56. The van der Waals surface area contributed by atoms with Crippen LogP contribution < -0.4 is 16.2 Å². The number of carbonyl (C=O) groups is 2. The lowest BCUT2D eigenvalue weighted by Crippen LogP contribution is -2.50. The molecule has 2 aromatic rings. The van der Waals surface area contributed by atoms with Crippen molar-refractivity contribution in [1.29, 1.82) is 0 Å². The number of dihydropyridines is 1. The quantitative estimate of drug-likeness (QED) is 0.244. The lowest BCUT2D eigenvalue weighted by Gasteiger charge is -2.38. The van der Waals surface area contributed by atoms with E-state index in [4.69, 9.17) is 15.6 Å². The lowest BCUT2D eigenvalue weighted by molar-refractivity contribution is -0.126. The second-order valence-corrected chi connectivity index (χ2v) is 10.8. The Balaban J connectivity index is 1.56. The Kier molecular flexibility index (Phi) is 7.88. The minimum atomic E-state index is -0.316. The number of benzene rings is 1. The first-order valence-electron chi connectivity index (χ1n) is 13.7. The third-order valence-electron chi connectivity index (χ3n) is 7.93. The number of anilines is 1. The van der Waals surface area contributed by atoms with Crippen LogP contribution in [0.4, 0.5) is 5.95 Å². The van der Waals surface area contributed by atoms with E-state index in [1.165, 1.54) is 11.1 Å². The third kappa shape index (κ3) is 5.50. The Hall–Kier alpha value is -3.47. The molecule has 208 valence electrons. The summed E-state index contributed by atoms with van der Waals surface area (Å²) in [7, 11) is 1.75. The number of nitrogens with zero attached hydrogens (tertiary/aromatic N) is 5. The molecule has 1 aromatic carbocycles. The van der Waals surface area contributed by atoms with Crippen LogP contribution >= 0.6 is 0 Å². The molecule has 0 aliphatic carbocycles. The Morgan fingerprint density at radius 1 is 1.26 bits per heavy atom. The molecule has 0 unspecified atom stereocenters. The number of amides is 2. The van der Waals surface area contributed by atoms with E-state index in [9.17, 15) is 9.59 Å². The molecule has 2 fully saturated rings. The zero-order valence-corrected chi connectivity index (χ0v) is 23.2. The summed E-state index contributed by atoms with van der Waals surface area (Å²) in [5, 5.41) is 4.37. The van der Waals surface area contributed by atoms with Gasteiger partial charge in [-0.3, -0.25) is 14.5 Å². The van der Waals surface area contributed by atoms with Crippen molar-refractivity contribution in [3.63, 3.8) is 0 Å². The van der Waals surface area contributed by atoms with E-state index >= 15 is 0 Å². The first kappa shape index (κ1) is 27.1. The molecule has 3 N–H and O–H groups in total. The second-order valence-electron chi connectivity index (χ2n) is 10.8. The lowest BCUT2D eigenvalue weighted by atomic mass is 10.1. The zero-order chi connectivity index (χ0) is 27.7. The minimum Gasteiger partial charge on any atom is -0.385 e. The van der Waals surface area contributed by atoms with Crippen LogP contribution in [0, 0.1) is 6.92 Å². The average Bonchev–Trinajstić information content (AvgIpc) is 3.12. The number of fused-ring (bicyclic) bond motifs is 1. The Morgan fingerprint density at radius 3 is 2.77 bits per heavy atom. The van der Waals surface area contributed by atoms with Crippen LogP contribution in [0.25, 0.3) is 11.0 Å². The summed E-state index contributed by atoms with van der Waals surface area (Å²) >= 11 is 0. The standard InChI is InChI=1S/C29H39N7O3/c1-5-26(37)34-11-7-6-8-23(16-34)35-27-19(2)12-21(15-33-17-24(18-33)39-4)14-25(27)32-29(35)36(30)28(38)22-9-10-31-20(3)13-22/h5,9,12-14,23-24,31H,1,6-8,10-11,15-18,30H2,2-4H3/t23-/m1/s1. The van der Waals surface area contributed by atoms with Crippen molar-refractivity contribution in [2.75, 3.05) is 44.8 Å². The fourth-order valence-corrected chi connectivity index (χ4v) is 5.86. The Morgan fingerprint density at radius 2 is 2.05 bits per heavy atom. The van der Waals surface area contributed by atoms with Gasteiger partial charge in [0.05, 0.1) is 23.2 Å². The molecule has 0 saturated carbocycles. The summed E-state index contributed by atoms with van der Waals surface area (Å²) in [6.07, 6.45) is 8.01. The fourth-order valence-electron chi connectivity index (χ4n) is 5.86. The van der Waals surface area contributed by atoms with Crippen molar-refractivity contribution < 1.29 is 14.3 Å². The van der Waals surface area contributed by atoms with Crippen LogP contribution in [0.15, 0.2) is 48.2 Å². The van der Waals surface area contributed by atoms with Crippen molar-refractivity contribution in [2.24, 2.45) is 5.84 Å². The topological polar surface area (TPSA) is 109 Å². The second kappa shape index (κ2) is 11.3. The van der Waals surface area contributed by atoms with Gasteiger partial charge in [-0.1, -0.05) is 18.7 Å². The largest absolute Gasteiger partial charge is 0.385 e. The van der Waals surface area contributed by atoms with E-state index in [0.29, 0.717) is 31.2 Å². The number of rotatable bonds is 7. The molecule has 10 heteroatoms. The molecular formula is C29H39N7O3. The summed E-state index contributed by atoms with van der Waals surface area (Å²) in [5.41, 5.74) is 5.40. The Labute approximate surface area is 229 Å². The van der Waals surface area contributed by atoms with E-state index in [2.05, 4.69) is 40.4 Å². The van der Waals surface area contributed by atoms with E-state index in [-0.39, 0.29) is 24.0 Å². The van der Waals surface area contributed by atoms with Gasteiger partial charge in [-0.2, -0.15) is 0 Å². The number of allylic oxidation sites excluding steroid dienone is 1. The first-order chi connectivity index (χ1) is 18.8. The number of imidazole rings is 1. The van der Waals surface area contributed by atoms with Gasteiger partial charge >= 0.3 is 0 Å². The highest BCUT2D eigenvalue weighted by Crippen LogP contribution is 2.34. The molecule has 10 nitrogen and oxygen atoms in total. The van der Waals surface area contributed by atoms with Crippen molar-refractivity contribution in [1.82, 2.24) is 24.7 Å². The predicted octanol–water partition coefficient (Wildman–Crippen LogP) is 2.56. The summed E-state index contributed by atoms with van der Waals surface area (Å²) < 4.78 is 7.52. The molecule has 3 aliphatic heterocycles. The summed E-state index contributed by atoms with van der Waals surface area (Å²) in [6.45, 7) is 12.1. The summed E-state index contributed by atoms with van der Waals surface area (Å²) in [6, 6.07) is 4.20. The van der Waals surface area contributed by atoms with Gasteiger partial charge in [0, 0.05) is 57.6 Å². The van der Waals surface area contributed by atoms with Gasteiger partial charge in [0.25, 0.3) is 5.91 Å². The molecule has 2 amide bonds. The number of hydrogen-bond acceptors (Lipinski definition) is 7. The number of nitrogens with one attached hydrogen (secondary N) is 1. The zero-order valence-electron chi connectivity index (χ0n) is 23.2. The molecule has 2 saturated heterocycles. The smallest absolute Gasteiger partial charge is 0.274 e. The molecular weight excluding hydrogens is 494 g/mol. The van der Waals surface area contributed by atoms with E-state index in [0.717, 1.165) is 66.8 Å². The van der Waals surface area contributed by atoms with Gasteiger partial charge in [-0.15, -0.1) is 0 Å². The van der Waals surface area contributed by atoms with Crippen LogP contribution in [0.5, 0.6) is 0 Å². The first-order valence-corrected chi connectivity index (χ1v) is 13.7. The molecule has 1 aromatic heterocycles. The molecule has 0 spiro atoms. The number of aryl methyl sites for hydroxylation is 1. The number of hydrogen-bond donors (Lipinski definition) is 2. The van der Waals surface area contributed by atoms with Crippen LogP contribution in [0.2, 0.25) is 0 Å². The number of ether oxygens (including phenoxy) is 1. The predicted molar refractivity (Wildman–Crippen MR) is 152 cm³/mol. The minimum absolute atomic E-state index is 0.0862. The van der Waals surface area contributed by atoms with Gasteiger partial charge < -0.3 is 19.5 Å². The van der Waals surface area contributed by atoms with Gasteiger partial charge in [0.2, 0.25) is 11.9 Å². The maximum Gasteiger partial charge on any atom is 0.274 e. The molecule has 3 aliphatic rings. The van der Waals surface area contributed by atoms with E-state index < -0.39 is 0 Å². The Bertz CT molecular complexity index is 1340. The van der Waals surface area contributed by atoms with Crippen LogP contribution in [0.1, 0.15) is 43.4 Å². The van der Waals surface area contributed by atoms with Crippen molar-refractivity contribution in [2.45, 2.75) is 51.8 Å². The normalized spacial score (nSPS) is 20.5. The van der Waals surface area contributed by atoms with Crippen molar-refractivity contribution in [3.8, 4) is 0 Å². The molecule has 0 radical (unpaired) electrons. The van der Waals surface area contributed by atoms with Gasteiger partial charge in [0.15, 0.2) is 0 Å². The summed E-state index contributed by atoms with van der Waals surface area (Å²) in [4.78, 5) is 35.3. The SMILES string of the molecule is C=CC(=O)N1CCCC[C@@H](n2c(N(N)C(=O)C3=CCNC(C)=C3)nc3cc(CN4CC(OC)C4)cc(C)c32)C1. The molecule has 1 atom stereocenters. The third-order valence-corrected chi connectivity index (χ3v) is 7.93. The monoisotopic (exact) mass is 533 g/mol. The van der Waals surface area contributed by atoms with Crippen molar-refractivity contribution >= 4 is 28.8 Å². The number of methoxy groups -OCH3 is 1. The number of nitrogens with two attached hydrogens (primary N) is 1. The number of aromatic nitrogens is 2. The highest BCUT2D eigenvalue weighted by atomic mass is 16.5. The van der Waals surface area contributed by atoms with Gasteiger partial charge in [-0.25, -0.2) is 15.8 Å². The molecule has 5 rings (SSSR count). The molecule has 0 bridgehead atoms. The number of hydrazine groups is 1. The molecule has 4 heterocycles. The average molecular weight is 534 g/mol. The van der Waals surface area contributed by atoms with Crippen LogP contribution in [-0.4, -0.2) is 77.1 Å². The van der Waals surface area contributed by atoms with E-state index in [1.54, 1.807) is 13.2 Å². The maximum atomic E-state index is 13.6. The fraction of sp³-hybridized carbons (Fsp3) is 0.483. The van der Waals surface area contributed by atoms with Crippen LogP contribution in [0.3, 0.4) is 0 Å².